The van der Waals surface area contributed by atoms with Crippen molar-refractivity contribution in [3.05, 3.63) is 28.1 Å². The predicted molar refractivity (Wildman–Crippen MR) is 58.1 cm³/mol. The highest BCUT2D eigenvalue weighted by Crippen LogP contribution is 2.28. The molecular formula is C9H8BrClN2. The molecule has 68 valence electrons. The Kier molecular flexibility index (Phi) is 2.30. The van der Waals surface area contributed by atoms with Crippen LogP contribution < -0.4 is 0 Å². The van der Waals surface area contributed by atoms with Gasteiger partial charge in [-0.15, -0.1) is 0 Å². The van der Waals surface area contributed by atoms with Gasteiger partial charge in [0.05, 0.1) is 5.52 Å². The summed E-state index contributed by atoms with van der Waals surface area (Å²) in [5.74, 6) is 0. The molecule has 0 radical (unpaired) electrons. The third kappa shape index (κ3) is 1.36. The summed E-state index contributed by atoms with van der Waals surface area (Å²) in [5, 5.41) is 1.67. The fourth-order valence-corrected chi connectivity index (χ4v) is 2.08. The monoisotopic (exact) mass is 258 g/mol. The molecule has 0 aliphatic carbocycles. The van der Waals surface area contributed by atoms with Crippen LogP contribution in [0.15, 0.2) is 22.9 Å². The number of halogens is 2. The van der Waals surface area contributed by atoms with Crippen LogP contribution in [0.1, 0.15) is 6.92 Å². The Labute approximate surface area is 89.7 Å². The number of fused-ring (bicyclic) bond motifs is 1. The maximum atomic E-state index is 6.00. The summed E-state index contributed by atoms with van der Waals surface area (Å²) >= 11 is 9.44. The largest absolute Gasteiger partial charge is 0.345 e. The summed E-state index contributed by atoms with van der Waals surface area (Å²) in [7, 11) is 0. The van der Waals surface area contributed by atoms with Crippen LogP contribution in [0.4, 0.5) is 0 Å². The first-order valence-electron chi connectivity index (χ1n) is 4.03. The molecule has 2 rings (SSSR count). The van der Waals surface area contributed by atoms with Crippen LogP contribution in [0.3, 0.4) is 0 Å². The van der Waals surface area contributed by atoms with E-state index in [9.17, 15) is 0 Å². The van der Waals surface area contributed by atoms with Gasteiger partial charge in [-0.3, -0.25) is 0 Å². The number of aromatic nitrogens is 2. The molecular weight excluding hydrogens is 251 g/mol. The van der Waals surface area contributed by atoms with Gasteiger partial charge < -0.3 is 4.57 Å². The number of rotatable bonds is 1. The standard InChI is InChI=1S/C9H8BrClN2/c1-2-13-4-3-6-7(10)5-12-9(11)8(6)13/h3-5H,2H2,1H3. The third-order valence-electron chi connectivity index (χ3n) is 2.05. The average Bonchev–Trinajstić information content (AvgIpc) is 2.56. The van der Waals surface area contributed by atoms with E-state index in [0.717, 1.165) is 21.9 Å². The molecule has 2 heterocycles. The lowest BCUT2D eigenvalue weighted by Crippen LogP contribution is -1.92. The molecule has 4 heteroatoms. The molecule has 2 aromatic rings. The average molecular weight is 260 g/mol. The number of hydrogen-bond acceptors (Lipinski definition) is 1. The van der Waals surface area contributed by atoms with Crippen LogP contribution >= 0.6 is 27.5 Å². The van der Waals surface area contributed by atoms with E-state index in [-0.39, 0.29) is 0 Å². The van der Waals surface area contributed by atoms with E-state index in [4.69, 9.17) is 11.6 Å². The van der Waals surface area contributed by atoms with E-state index in [1.807, 2.05) is 12.3 Å². The van der Waals surface area contributed by atoms with Crippen molar-refractivity contribution in [2.24, 2.45) is 0 Å². The number of nitrogens with zero attached hydrogens (tertiary/aromatic N) is 2. The lowest BCUT2D eigenvalue weighted by Gasteiger charge is -2.02. The van der Waals surface area contributed by atoms with Crippen molar-refractivity contribution in [2.75, 3.05) is 0 Å². The molecule has 0 amide bonds. The first-order valence-corrected chi connectivity index (χ1v) is 5.20. The normalized spacial score (nSPS) is 11.0. The van der Waals surface area contributed by atoms with Gasteiger partial charge in [0.25, 0.3) is 0 Å². The molecule has 0 atom stereocenters. The van der Waals surface area contributed by atoms with Gasteiger partial charge in [0, 0.05) is 28.8 Å². The SMILES string of the molecule is CCn1ccc2c(Br)cnc(Cl)c21. The number of aryl methyl sites for hydroxylation is 1. The second kappa shape index (κ2) is 3.31. The fourth-order valence-electron chi connectivity index (χ4n) is 1.40. The Bertz CT molecular complexity index is 450. The highest BCUT2D eigenvalue weighted by Gasteiger charge is 2.07. The van der Waals surface area contributed by atoms with Gasteiger partial charge in [-0.1, -0.05) is 11.6 Å². The molecule has 2 aromatic heterocycles. The highest BCUT2D eigenvalue weighted by molar-refractivity contribution is 9.10. The second-order valence-electron chi connectivity index (χ2n) is 2.76. The van der Waals surface area contributed by atoms with E-state index in [1.165, 1.54) is 0 Å². The minimum Gasteiger partial charge on any atom is -0.345 e. The van der Waals surface area contributed by atoms with E-state index >= 15 is 0 Å². The van der Waals surface area contributed by atoms with Crippen molar-refractivity contribution in [3.63, 3.8) is 0 Å². The Morgan fingerprint density at radius 1 is 1.62 bits per heavy atom. The van der Waals surface area contributed by atoms with Gasteiger partial charge in [0.15, 0.2) is 5.15 Å². The highest BCUT2D eigenvalue weighted by atomic mass is 79.9. The summed E-state index contributed by atoms with van der Waals surface area (Å²) in [6, 6.07) is 2.04. The van der Waals surface area contributed by atoms with Crippen LogP contribution in [0.5, 0.6) is 0 Å². The Hall–Kier alpha value is -0.540. The third-order valence-corrected chi connectivity index (χ3v) is 2.96. The molecule has 0 aliphatic heterocycles. The molecule has 13 heavy (non-hydrogen) atoms. The zero-order chi connectivity index (χ0) is 9.42. The first kappa shape index (κ1) is 9.03. The Morgan fingerprint density at radius 2 is 2.38 bits per heavy atom. The number of hydrogen-bond donors (Lipinski definition) is 0. The van der Waals surface area contributed by atoms with Gasteiger partial charge >= 0.3 is 0 Å². The minimum absolute atomic E-state index is 0.560. The molecule has 0 aromatic carbocycles. The van der Waals surface area contributed by atoms with Crippen LogP contribution in [0, 0.1) is 0 Å². The van der Waals surface area contributed by atoms with Crippen molar-refractivity contribution in [3.8, 4) is 0 Å². The predicted octanol–water partition coefficient (Wildman–Crippen LogP) is 3.47. The maximum absolute atomic E-state index is 6.00. The van der Waals surface area contributed by atoms with Crippen molar-refractivity contribution >= 4 is 38.4 Å². The van der Waals surface area contributed by atoms with E-state index in [2.05, 4.69) is 32.4 Å². The van der Waals surface area contributed by atoms with Crippen molar-refractivity contribution in [1.82, 2.24) is 9.55 Å². The molecule has 0 saturated heterocycles. The van der Waals surface area contributed by atoms with Crippen LogP contribution in [0.2, 0.25) is 5.15 Å². The molecule has 0 saturated carbocycles. The van der Waals surface area contributed by atoms with Gasteiger partial charge in [0.2, 0.25) is 0 Å². The first-order chi connectivity index (χ1) is 6.24. The van der Waals surface area contributed by atoms with Crippen LogP contribution in [-0.4, -0.2) is 9.55 Å². The quantitative estimate of drug-likeness (QED) is 0.717. The van der Waals surface area contributed by atoms with Crippen molar-refractivity contribution in [1.29, 1.82) is 0 Å². The van der Waals surface area contributed by atoms with Gasteiger partial charge in [-0.05, 0) is 28.9 Å². The van der Waals surface area contributed by atoms with Crippen LogP contribution in [-0.2, 0) is 6.54 Å². The van der Waals surface area contributed by atoms with Gasteiger partial charge in [-0.2, -0.15) is 0 Å². The molecule has 0 bridgehead atoms. The van der Waals surface area contributed by atoms with Gasteiger partial charge in [0.1, 0.15) is 0 Å². The fraction of sp³-hybridized carbons (Fsp3) is 0.222. The zero-order valence-corrected chi connectivity index (χ0v) is 9.43. The van der Waals surface area contributed by atoms with Crippen molar-refractivity contribution < 1.29 is 0 Å². The molecule has 0 aliphatic rings. The lowest BCUT2D eigenvalue weighted by molar-refractivity contribution is 0.796. The lowest BCUT2D eigenvalue weighted by atomic mass is 10.3. The zero-order valence-electron chi connectivity index (χ0n) is 7.09. The topological polar surface area (TPSA) is 17.8 Å². The van der Waals surface area contributed by atoms with E-state index in [1.54, 1.807) is 6.20 Å². The van der Waals surface area contributed by atoms with E-state index < -0.39 is 0 Å². The molecule has 2 nitrogen and oxygen atoms in total. The van der Waals surface area contributed by atoms with E-state index in [0.29, 0.717) is 5.15 Å². The molecule has 0 N–H and O–H groups in total. The summed E-state index contributed by atoms with van der Waals surface area (Å²) in [5.41, 5.74) is 0.999. The Morgan fingerprint density at radius 3 is 3.08 bits per heavy atom. The summed E-state index contributed by atoms with van der Waals surface area (Å²) in [6.07, 6.45) is 3.74. The minimum atomic E-state index is 0.560. The summed E-state index contributed by atoms with van der Waals surface area (Å²) in [4.78, 5) is 4.09. The smallest absolute Gasteiger partial charge is 0.153 e. The maximum Gasteiger partial charge on any atom is 0.153 e. The molecule has 0 unspecified atom stereocenters. The summed E-state index contributed by atoms with van der Waals surface area (Å²) < 4.78 is 3.06. The second-order valence-corrected chi connectivity index (χ2v) is 3.97. The molecule has 0 fully saturated rings. The van der Waals surface area contributed by atoms with Gasteiger partial charge in [-0.25, -0.2) is 4.98 Å². The number of pyridine rings is 1. The Balaban J connectivity index is 2.87. The summed E-state index contributed by atoms with van der Waals surface area (Å²) in [6.45, 7) is 2.98. The van der Waals surface area contributed by atoms with Crippen molar-refractivity contribution in [2.45, 2.75) is 13.5 Å². The molecule has 0 spiro atoms. The van der Waals surface area contributed by atoms with Crippen LogP contribution in [0.25, 0.3) is 10.9 Å².